The van der Waals surface area contributed by atoms with Crippen LogP contribution in [-0.4, -0.2) is 54.6 Å². The van der Waals surface area contributed by atoms with E-state index in [0.29, 0.717) is 12.8 Å². The number of nitrogens with zero attached hydrogens (tertiary/aromatic N) is 1. The number of aliphatic carboxylic acids is 1. The van der Waals surface area contributed by atoms with Crippen LogP contribution in [0, 0.1) is 0 Å². The molecule has 0 saturated heterocycles. The molecule has 0 bridgehead atoms. The Morgan fingerprint density at radius 3 is 2.39 bits per heavy atom. The van der Waals surface area contributed by atoms with Gasteiger partial charge in [0.2, 0.25) is 5.91 Å². The number of carbonyl (C=O) groups is 3. The van der Waals surface area contributed by atoms with Crippen LogP contribution in [0.1, 0.15) is 26.2 Å². The zero-order chi connectivity index (χ0) is 14.1. The number of carbonyl (C=O) groups excluding carboxylic acids is 2. The lowest BCUT2D eigenvalue weighted by molar-refractivity contribution is -0.139. The van der Waals surface area contributed by atoms with Crippen LogP contribution < -0.4 is 10.6 Å². The van der Waals surface area contributed by atoms with E-state index in [2.05, 4.69) is 10.6 Å². The standard InChI is InChI=1S/C11H21N3O4/c1-4-5-8(10(16)17)13-11(18)14(3)7-6-9(15)12-2/h8H,4-7H2,1-3H3,(H,12,15)(H,13,18)(H,16,17)/t8-/m1/s1. The Balaban J connectivity index is 4.20. The number of amides is 3. The van der Waals surface area contributed by atoms with Crippen molar-refractivity contribution < 1.29 is 19.5 Å². The van der Waals surface area contributed by atoms with Gasteiger partial charge in [-0.05, 0) is 6.42 Å². The van der Waals surface area contributed by atoms with Gasteiger partial charge in [-0.15, -0.1) is 0 Å². The van der Waals surface area contributed by atoms with Crippen molar-refractivity contribution in [1.29, 1.82) is 0 Å². The van der Waals surface area contributed by atoms with Crippen LogP contribution in [0.15, 0.2) is 0 Å². The number of carboxylic acids is 1. The molecule has 0 aromatic heterocycles. The van der Waals surface area contributed by atoms with Crippen LogP contribution in [-0.2, 0) is 9.59 Å². The zero-order valence-electron chi connectivity index (χ0n) is 11.0. The van der Waals surface area contributed by atoms with Gasteiger partial charge in [0, 0.05) is 27.1 Å². The summed E-state index contributed by atoms with van der Waals surface area (Å²) in [6.45, 7) is 2.08. The number of hydrogen-bond donors (Lipinski definition) is 3. The first-order chi connectivity index (χ1) is 8.42. The van der Waals surface area contributed by atoms with E-state index in [1.165, 1.54) is 19.0 Å². The number of nitrogens with one attached hydrogen (secondary N) is 2. The fraction of sp³-hybridized carbons (Fsp3) is 0.727. The topological polar surface area (TPSA) is 98.7 Å². The minimum absolute atomic E-state index is 0.169. The predicted octanol–water partition coefficient (Wildman–Crippen LogP) is 0.0172. The monoisotopic (exact) mass is 259 g/mol. The fourth-order valence-corrected chi connectivity index (χ4v) is 1.30. The van der Waals surface area contributed by atoms with E-state index in [4.69, 9.17) is 5.11 Å². The second kappa shape index (κ2) is 8.32. The van der Waals surface area contributed by atoms with Gasteiger partial charge in [0.15, 0.2) is 0 Å². The summed E-state index contributed by atoms with van der Waals surface area (Å²) in [6.07, 6.45) is 1.23. The molecule has 3 amide bonds. The van der Waals surface area contributed by atoms with Gasteiger partial charge in [-0.1, -0.05) is 13.3 Å². The number of carboxylic acid groups (broad SMARTS) is 1. The Hall–Kier alpha value is -1.79. The summed E-state index contributed by atoms with van der Waals surface area (Å²) >= 11 is 0. The highest BCUT2D eigenvalue weighted by molar-refractivity contribution is 5.83. The minimum atomic E-state index is -1.05. The predicted molar refractivity (Wildman–Crippen MR) is 66.2 cm³/mol. The molecule has 0 fully saturated rings. The number of urea groups is 1. The Kier molecular flexibility index (Phi) is 7.50. The van der Waals surface area contributed by atoms with Gasteiger partial charge in [-0.2, -0.15) is 0 Å². The molecule has 7 heteroatoms. The quantitative estimate of drug-likeness (QED) is 0.600. The molecular formula is C11H21N3O4. The summed E-state index contributed by atoms with van der Waals surface area (Å²) in [6, 6.07) is -1.37. The summed E-state index contributed by atoms with van der Waals surface area (Å²) in [7, 11) is 3.03. The number of hydrogen-bond acceptors (Lipinski definition) is 3. The fourth-order valence-electron chi connectivity index (χ4n) is 1.30. The van der Waals surface area contributed by atoms with Crippen molar-refractivity contribution in [2.75, 3.05) is 20.6 Å². The smallest absolute Gasteiger partial charge is 0.326 e. The third-order valence-electron chi connectivity index (χ3n) is 2.47. The molecule has 0 spiro atoms. The maximum absolute atomic E-state index is 11.7. The van der Waals surface area contributed by atoms with E-state index in [9.17, 15) is 14.4 Å². The van der Waals surface area contributed by atoms with Crippen molar-refractivity contribution >= 4 is 17.9 Å². The van der Waals surface area contributed by atoms with E-state index in [1.54, 1.807) is 0 Å². The molecule has 7 nitrogen and oxygen atoms in total. The molecule has 104 valence electrons. The van der Waals surface area contributed by atoms with E-state index in [-0.39, 0.29) is 18.9 Å². The third-order valence-corrected chi connectivity index (χ3v) is 2.47. The van der Waals surface area contributed by atoms with Crippen LogP contribution >= 0.6 is 0 Å². The largest absolute Gasteiger partial charge is 0.480 e. The first-order valence-electron chi connectivity index (χ1n) is 5.87. The Labute approximate surface area is 107 Å². The third kappa shape index (κ3) is 6.07. The van der Waals surface area contributed by atoms with Crippen molar-refractivity contribution in [1.82, 2.24) is 15.5 Å². The highest BCUT2D eigenvalue weighted by Crippen LogP contribution is 1.98. The highest BCUT2D eigenvalue weighted by atomic mass is 16.4. The van der Waals surface area contributed by atoms with Crippen molar-refractivity contribution in [2.24, 2.45) is 0 Å². The van der Waals surface area contributed by atoms with Crippen molar-refractivity contribution in [3.63, 3.8) is 0 Å². The molecule has 0 aliphatic heterocycles. The molecule has 0 unspecified atom stereocenters. The minimum Gasteiger partial charge on any atom is -0.480 e. The van der Waals surface area contributed by atoms with Crippen LogP contribution in [0.3, 0.4) is 0 Å². The van der Waals surface area contributed by atoms with E-state index in [1.807, 2.05) is 6.92 Å². The molecule has 1 atom stereocenters. The SMILES string of the molecule is CCC[C@@H](NC(=O)N(C)CCC(=O)NC)C(=O)O. The van der Waals surface area contributed by atoms with Gasteiger partial charge in [-0.25, -0.2) is 9.59 Å². The normalized spacial score (nSPS) is 11.5. The molecule has 0 aliphatic carbocycles. The Bertz CT molecular complexity index is 307. The van der Waals surface area contributed by atoms with Gasteiger partial charge in [0.05, 0.1) is 0 Å². The second-order valence-electron chi connectivity index (χ2n) is 3.97. The average Bonchev–Trinajstić information content (AvgIpc) is 2.34. The summed E-state index contributed by atoms with van der Waals surface area (Å²) in [5.74, 6) is -1.22. The molecule has 0 aromatic rings. The van der Waals surface area contributed by atoms with Crippen molar-refractivity contribution in [3.05, 3.63) is 0 Å². The van der Waals surface area contributed by atoms with Gasteiger partial charge < -0.3 is 20.6 Å². The molecule has 0 saturated carbocycles. The zero-order valence-corrected chi connectivity index (χ0v) is 11.0. The summed E-state index contributed by atoms with van der Waals surface area (Å²) < 4.78 is 0. The van der Waals surface area contributed by atoms with Crippen LogP contribution in [0.5, 0.6) is 0 Å². The molecule has 0 rings (SSSR count). The van der Waals surface area contributed by atoms with Gasteiger partial charge in [0.25, 0.3) is 0 Å². The van der Waals surface area contributed by atoms with E-state index < -0.39 is 18.0 Å². The molecular weight excluding hydrogens is 238 g/mol. The van der Waals surface area contributed by atoms with Gasteiger partial charge >= 0.3 is 12.0 Å². The highest BCUT2D eigenvalue weighted by Gasteiger charge is 2.20. The van der Waals surface area contributed by atoms with Crippen LogP contribution in [0.25, 0.3) is 0 Å². The van der Waals surface area contributed by atoms with Crippen LogP contribution in [0.2, 0.25) is 0 Å². The molecule has 0 aliphatic rings. The van der Waals surface area contributed by atoms with Gasteiger partial charge in [0.1, 0.15) is 6.04 Å². The molecule has 3 N–H and O–H groups in total. The summed E-state index contributed by atoms with van der Waals surface area (Å²) in [5.41, 5.74) is 0. The van der Waals surface area contributed by atoms with Crippen molar-refractivity contribution in [3.8, 4) is 0 Å². The maximum Gasteiger partial charge on any atom is 0.326 e. The Morgan fingerprint density at radius 1 is 1.33 bits per heavy atom. The van der Waals surface area contributed by atoms with Crippen molar-refractivity contribution in [2.45, 2.75) is 32.2 Å². The lowest BCUT2D eigenvalue weighted by atomic mass is 10.2. The van der Waals surface area contributed by atoms with E-state index >= 15 is 0 Å². The van der Waals surface area contributed by atoms with E-state index in [0.717, 1.165) is 0 Å². The van der Waals surface area contributed by atoms with Gasteiger partial charge in [-0.3, -0.25) is 4.79 Å². The summed E-state index contributed by atoms with van der Waals surface area (Å²) in [4.78, 5) is 34.8. The van der Waals surface area contributed by atoms with Crippen LogP contribution in [0.4, 0.5) is 4.79 Å². The lowest BCUT2D eigenvalue weighted by Crippen LogP contribution is -2.47. The average molecular weight is 259 g/mol. The Morgan fingerprint density at radius 2 is 1.94 bits per heavy atom. The summed E-state index contributed by atoms with van der Waals surface area (Å²) in [5, 5.41) is 13.8. The molecule has 0 radical (unpaired) electrons. The number of rotatable bonds is 7. The first kappa shape index (κ1) is 16.2. The second-order valence-corrected chi connectivity index (χ2v) is 3.97. The lowest BCUT2D eigenvalue weighted by Gasteiger charge is -2.20. The maximum atomic E-state index is 11.7. The molecule has 0 aromatic carbocycles. The molecule has 0 heterocycles. The molecule has 18 heavy (non-hydrogen) atoms. The first-order valence-corrected chi connectivity index (χ1v) is 5.87.